The summed E-state index contributed by atoms with van der Waals surface area (Å²) in [6.45, 7) is 7.21. The van der Waals surface area contributed by atoms with E-state index in [9.17, 15) is 30.6 Å². The Morgan fingerprint density at radius 2 is 1.12 bits per heavy atom. The standard InChI is InChI=1S/2C14H12N4O3/c1-9-3-5-11(6-4-9)16-15-12-7-10(2)13(18(20)21)8-14(12)17(16)19;1-9-3-5-11(6-4-9)16-15-14-12(17(16)19)7-10(2)8-13(14)18(20)21/h2*3-8H,1-2H3. The van der Waals surface area contributed by atoms with Crippen LogP contribution in [0.5, 0.6) is 0 Å². The number of nitro benzene ring substituents is 2. The van der Waals surface area contributed by atoms with E-state index in [1.165, 1.54) is 16.9 Å². The quantitative estimate of drug-likeness (QED) is 0.130. The number of nitro groups is 2. The third-order valence-corrected chi connectivity index (χ3v) is 6.58. The summed E-state index contributed by atoms with van der Waals surface area (Å²) in [6, 6.07) is 20.3. The van der Waals surface area contributed by atoms with E-state index in [-0.39, 0.29) is 27.9 Å². The second-order valence-corrected chi connectivity index (χ2v) is 9.79. The topological polar surface area (TPSA) is 176 Å². The Kier molecular flexibility index (Phi) is 6.96. The lowest BCUT2D eigenvalue weighted by molar-refractivity contribution is -0.664. The summed E-state index contributed by atoms with van der Waals surface area (Å²) in [6.07, 6.45) is 0. The Hall–Kier alpha value is -5.92. The molecule has 0 atom stereocenters. The van der Waals surface area contributed by atoms with Crippen molar-refractivity contribution in [1.82, 2.24) is 19.8 Å². The summed E-state index contributed by atoms with van der Waals surface area (Å²) in [7, 11) is 0. The highest BCUT2D eigenvalue weighted by atomic mass is 16.6. The fraction of sp³-hybridized carbons (Fsp3) is 0.143. The highest BCUT2D eigenvalue weighted by Gasteiger charge is 2.27. The zero-order chi connectivity index (χ0) is 30.3. The van der Waals surface area contributed by atoms with Crippen LogP contribution in [-0.2, 0) is 0 Å². The molecule has 0 aliphatic carbocycles. The molecular formula is C28H24N8O6. The van der Waals surface area contributed by atoms with Gasteiger partial charge in [-0.2, -0.15) is 0 Å². The van der Waals surface area contributed by atoms with Crippen molar-refractivity contribution in [2.24, 2.45) is 0 Å². The van der Waals surface area contributed by atoms with Gasteiger partial charge in [-0.15, -0.1) is 9.69 Å². The maximum Gasteiger partial charge on any atom is 0.327 e. The molecule has 0 saturated carbocycles. The Bertz CT molecular complexity index is 2000. The second-order valence-electron chi connectivity index (χ2n) is 9.79. The summed E-state index contributed by atoms with van der Waals surface area (Å²) < 4.78 is 0. The molecule has 0 bridgehead atoms. The fourth-order valence-corrected chi connectivity index (χ4v) is 4.39. The van der Waals surface area contributed by atoms with E-state index >= 15 is 0 Å². The van der Waals surface area contributed by atoms with E-state index in [1.807, 2.05) is 38.1 Å². The van der Waals surface area contributed by atoms with E-state index in [4.69, 9.17) is 0 Å². The number of fused-ring (bicyclic) bond motifs is 2. The number of non-ortho nitro benzene ring substituents is 1. The van der Waals surface area contributed by atoms with Crippen LogP contribution >= 0.6 is 0 Å². The average molecular weight is 569 g/mol. The van der Waals surface area contributed by atoms with Crippen LogP contribution in [0.2, 0.25) is 0 Å². The van der Waals surface area contributed by atoms with Gasteiger partial charge in [0, 0.05) is 17.7 Å². The van der Waals surface area contributed by atoms with Crippen molar-refractivity contribution >= 4 is 33.4 Å². The molecule has 212 valence electrons. The molecule has 14 nitrogen and oxygen atoms in total. The highest BCUT2D eigenvalue weighted by molar-refractivity contribution is 5.82. The zero-order valence-electron chi connectivity index (χ0n) is 23.0. The van der Waals surface area contributed by atoms with E-state index < -0.39 is 9.85 Å². The zero-order valence-corrected chi connectivity index (χ0v) is 23.0. The van der Waals surface area contributed by atoms with Gasteiger partial charge in [-0.25, -0.2) is 0 Å². The van der Waals surface area contributed by atoms with Gasteiger partial charge in [0.15, 0.2) is 0 Å². The maximum absolute atomic E-state index is 12.3. The van der Waals surface area contributed by atoms with Crippen molar-refractivity contribution in [1.29, 1.82) is 0 Å². The van der Waals surface area contributed by atoms with Crippen molar-refractivity contribution in [3.8, 4) is 11.4 Å². The first-order valence-electron chi connectivity index (χ1n) is 12.6. The van der Waals surface area contributed by atoms with Gasteiger partial charge in [0.2, 0.25) is 11.0 Å². The minimum absolute atomic E-state index is 0.0844. The van der Waals surface area contributed by atoms with Gasteiger partial charge in [-0.05, 0) is 73.2 Å². The van der Waals surface area contributed by atoms with Gasteiger partial charge >= 0.3 is 11.2 Å². The van der Waals surface area contributed by atoms with Crippen molar-refractivity contribution in [2.45, 2.75) is 27.7 Å². The molecule has 6 aromatic rings. The molecule has 0 radical (unpaired) electrons. The SMILES string of the molecule is Cc1ccc(-n2nc3c([N+](=O)[O-])cc(C)cc3[n+]2[O-])cc1.Cc1ccc(-n2nc3cc(C)c([N+](=O)[O-])cc3[n+]2[O-])cc1. The van der Waals surface area contributed by atoms with E-state index in [0.717, 1.165) is 15.9 Å². The first-order chi connectivity index (χ1) is 19.9. The molecule has 0 aliphatic rings. The number of benzene rings is 4. The van der Waals surface area contributed by atoms with Crippen molar-refractivity contribution in [2.75, 3.05) is 0 Å². The summed E-state index contributed by atoms with van der Waals surface area (Å²) in [5.74, 6) is 0. The lowest BCUT2D eigenvalue weighted by Crippen LogP contribution is -2.37. The molecule has 0 fully saturated rings. The first kappa shape index (κ1) is 27.6. The van der Waals surface area contributed by atoms with Gasteiger partial charge in [0.25, 0.3) is 11.2 Å². The molecule has 0 amide bonds. The smallest absolute Gasteiger partial charge is 0.327 e. The van der Waals surface area contributed by atoms with Crippen molar-refractivity contribution in [3.63, 3.8) is 0 Å². The van der Waals surface area contributed by atoms with E-state index in [1.54, 1.807) is 50.2 Å². The van der Waals surface area contributed by atoms with Crippen molar-refractivity contribution in [3.05, 3.63) is 126 Å². The molecule has 2 aromatic heterocycles. The normalized spacial score (nSPS) is 11.0. The molecule has 2 heterocycles. The molecule has 0 spiro atoms. The summed E-state index contributed by atoms with van der Waals surface area (Å²) in [5.41, 5.74) is 5.00. The third kappa shape index (κ3) is 5.03. The van der Waals surface area contributed by atoms with Gasteiger partial charge in [0.05, 0.1) is 26.1 Å². The number of nitrogens with zero attached hydrogens (tertiary/aromatic N) is 8. The predicted octanol–water partition coefficient (Wildman–Crippen LogP) is 4.37. The molecule has 42 heavy (non-hydrogen) atoms. The molecular weight excluding hydrogens is 544 g/mol. The van der Waals surface area contributed by atoms with Gasteiger partial charge in [-0.3, -0.25) is 20.2 Å². The average Bonchev–Trinajstić information content (AvgIpc) is 3.44. The number of hydrogen-bond acceptors (Lipinski definition) is 8. The molecule has 0 saturated heterocycles. The summed E-state index contributed by atoms with van der Waals surface area (Å²) in [4.78, 5) is 24.5. The van der Waals surface area contributed by atoms with Crippen LogP contribution in [0.4, 0.5) is 11.4 Å². The Balaban J connectivity index is 0.000000168. The van der Waals surface area contributed by atoms with E-state index in [0.29, 0.717) is 37.7 Å². The number of aryl methyl sites for hydroxylation is 4. The minimum Gasteiger partial charge on any atom is -0.692 e. The van der Waals surface area contributed by atoms with Crippen LogP contribution in [0.25, 0.3) is 33.4 Å². The summed E-state index contributed by atoms with van der Waals surface area (Å²) in [5, 5.41) is 55.0. The number of aromatic nitrogens is 6. The van der Waals surface area contributed by atoms with Crippen LogP contribution in [-0.4, -0.2) is 29.6 Å². The van der Waals surface area contributed by atoms with Crippen LogP contribution in [0.3, 0.4) is 0 Å². The molecule has 6 rings (SSSR count). The monoisotopic (exact) mass is 568 g/mol. The van der Waals surface area contributed by atoms with Gasteiger partial charge < -0.3 is 10.4 Å². The predicted molar refractivity (Wildman–Crippen MR) is 152 cm³/mol. The number of rotatable bonds is 4. The first-order valence-corrected chi connectivity index (χ1v) is 12.6. The molecule has 0 N–H and O–H groups in total. The van der Waals surface area contributed by atoms with Crippen LogP contribution < -0.4 is 9.69 Å². The molecule has 0 aliphatic heterocycles. The van der Waals surface area contributed by atoms with E-state index in [2.05, 4.69) is 10.2 Å². The van der Waals surface area contributed by atoms with Crippen LogP contribution in [0.15, 0.2) is 72.8 Å². The molecule has 0 unspecified atom stereocenters. The highest BCUT2D eigenvalue weighted by Crippen LogP contribution is 2.25. The Labute approximate surface area is 237 Å². The Morgan fingerprint density at radius 3 is 1.64 bits per heavy atom. The van der Waals surface area contributed by atoms with Crippen LogP contribution in [0.1, 0.15) is 22.3 Å². The van der Waals surface area contributed by atoms with Gasteiger partial charge in [-0.1, -0.05) is 35.4 Å². The van der Waals surface area contributed by atoms with Crippen LogP contribution in [0, 0.1) is 58.3 Å². The lowest BCUT2D eigenvalue weighted by Gasteiger charge is -2.04. The second kappa shape index (κ2) is 10.6. The number of hydrogen-bond donors (Lipinski definition) is 0. The largest absolute Gasteiger partial charge is 0.692 e. The Morgan fingerprint density at radius 1 is 0.619 bits per heavy atom. The molecule has 4 aromatic carbocycles. The van der Waals surface area contributed by atoms with Crippen molar-refractivity contribution < 1.29 is 19.5 Å². The third-order valence-electron chi connectivity index (χ3n) is 6.58. The minimum atomic E-state index is -0.526. The maximum atomic E-state index is 12.3. The van der Waals surface area contributed by atoms with Gasteiger partial charge in [0.1, 0.15) is 11.4 Å². The fourth-order valence-electron chi connectivity index (χ4n) is 4.39. The summed E-state index contributed by atoms with van der Waals surface area (Å²) >= 11 is 0. The molecule has 14 heteroatoms. The lowest BCUT2D eigenvalue weighted by atomic mass is 10.2.